The summed E-state index contributed by atoms with van der Waals surface area (Å²) in [7, 11) is 0. The van der Waals surface area contributed by atoms with Gasteiger partial charge in [0, 0.05) is 47.9 Å². The summed E-state index contributed by atoms with van der Waals surface area (Å²) in [4.78, 5) is 58.9. The molecule has 9 nitrogen and oxygen atoms in total. The molecule has 3 heterocycles. The van der Waals surface area contributed by atoms with E-state index in [2.05, 4.69) is 10.6 Å². The molecule has 2 fully saturated rings. The zero-order valence-corrected chi connectivity index (χ0v) is 26.1. The number of ketones is 1. The number of anilines is 2. The first-order chi connectivity index (χ1) is 22.3. The van der Waals surface area contributed by atoms with Gasteiger partial charge in [0.05, 0.1) is 12.1 Å². The van der Waals surface area contributed by atoms with E-state index in [9.17, 15) is 19.2 Å². The lowest BCUT2D eigenvalue weighted by Crippen LogP contribution is -2.44. The standard InChI is InChI=1S/C36H33N5O4S/c1-23(42)41-20-6-18-36(41)32(33(36)44)37-27-16-12-26(13-17-27)35-39-29(22-46-35)25-10-14-28(15-11-25)38-34(45)30-9-5-19-40(30)31(43)21-24-7-3-2-4-8-24/h2-5,7-17,22,30,32,37H,6,18-21H2,1H3,(H,38,45)/t30-,32?,36?/m0/s1. The van der Waals surface area contributed by atoms with E-state index < -0.39 is 11.6 Å². The van der Waals surface area contributed by atoms with Gasteiger partial charge in [-0.15, -0.1) is 11.3 Å². The van der Waals surface area contributed by atoms with Gasteiger partial charge in [-0.25, -0.2) is 4.98 Å². The molecule has 232 valence electrons. The number of nitrogens with zero attached hydrogens (tertiary/aromatic N) is 3. The van der Waals surface area contributed by atoms with E-state index in [0.29, 0.717) is 25.2 Å². The second kappa shape index (κ2) is 12.0. The minimum absolute atomic E-state index is 0.0508. The van der Waals surface area contributed by atoms with Gasteiger partial charge >= 0.3 is 0 Å². The van der Waals surface area contributed by atoms with E-state index in [1.54, 1.807) is 15.9 Å². The molecule has 0 bridgehead atoms. The number of Topliss-reactive ketones (excluding diaryl/α,β-unsaturated/α-hetero) is 1. The minimum atomic E-state index is -0.678. The van der Waals surface area contributed by atoms with Crippen molar-refractivity contribution in [1.82, 2.24) is 14.8 Å². The number of thiazole rings is 1. The van der Waals surface area contributed by atoms with Crippen LogP contribution in [-0.4, -0.2) is 69.0 Å². The summed E-state index contributed by atoms with van der Waals surface area (Å²) in [6.45, 7) is 2.57. The molecule has 1 aliphatic carbocycles. The van der Waals surface area contributed by atoms with Gasteiger partial charge in [0.1, 0.15) is 22.6 Å². The van der Waals surface area contributed by atoms with Gasteiger partial charge in [-0.05, 0) is 54.8 Å². The molecule has 1 saturated carbocycles. The summed E-state index contributed by atoms with van der Waals surface area (Å²) < 4.78 is 0. The average molecular weight is 632 g/mol. The average Bonchev–Trinajstić information content (AvgIpc) is 3.66. The van der Waals surface area contributed by atoms with E-state index in [1.165, 1.54) is 18.3 Å². The van der Waals surface area contributed by atoms with Crippen molar-refractivity contribution < 1.29 is 19.2 Å². The summed E-state index contributed by atoms with van der Waals surface area (Å²) >= 11 is 1.54. The Balaban J connectivity index is 0.958. The molecule has 3 aliphatic rings. The van der Waals surface area contributed by atoms with Crippen molar-refractivity contribution in [3.8, 4) is 21.8 Å². The molecule has 1 aromatic heterocycles. The molecule has 10 heteroatoms. The number of nitrogens with one attached hydrogen (secondary N) is 2. The van der Waals surface area contributed by atoms with E-state index in [1.807, 2.05) is 90.3 Å². The highest BCUT2D eigenvalue weighted by Crippen LogP contribution is 2.48. The van der Waals surface area contributed by atoms with E-state index in [0.717, 1.165) is 39.5 Å². The molecule has 3 atom stereocenters. The Hall–Kier alpha value is -5.09. The fourth-order valence-corrected chi connectivity index (χ4v) is 7.43. The molecule has 1 spiro atoms. The Labute approximate surface area is 270 Å². The van der Waals surface area contributed by atoms with Crippen molar-refractivity contribution in [3.05, 3.63) is 102 Å². The van der Waals surface area contributed by atoms with E-state index >= 15 is 0 Å². The third kappa shape index (κ3) is 5.49. The maximum atomic E-state index is 13.1. The number of likely N-dealkylation sites (tertiary alicyclic amines) is 1. The molecular formula is C36H33N5O4S. The van der Waals surface area contributed by atoms with Crippen LogP contribution in [0.5, 0.6) is 0 Å². The number of carbonyl (C=O) groups excluding carboxylic acids is 4. The Morgan fingerprint density at radius 3 is 2.41 bits per heavy atom. The Morgan fingerprint density at radius 1 is 0.957 bits per heavy atom. The van der Waals surface area contributed by atoms with Crippen LogP contribution < -0.4 is 10.6 Å². The Kier molecular flexibility index (Phi) is 7.74. The lowest BCUT2D eigenvalue weighted by Gasteiger charge is -2.24. The highest BCUT2D eigenvalue weighted by Gasteiger charge is 2.70. The summed E-state index contributed by atoms with van der Waals surface area (Å²) in [6.07, 6.45) is 5.43. The molecule has 1 saturated heterocycles. The maximum Gasteiger partial charge on any atom is 0.251 e. The predicted octanol–water partition coefficient (Wildman–Crippen LogP) is 5.17. The van der Waals surface area contributed by atoms with Crippen LogP contribution in [0.2, 0.25) is 0 Å². The largest absolute Gasteiger partial charge is 0.373 e. The number of carbonyl (C=O) groups is 4. The van der Waals surface area contributed by atoms with Gasteiger partial charge in [-0.2, -0.15) is 0 Å². The molecule has 46 heavy (non-hydrogen) atoms. The molecule has 0 radical (unpaired) electrons. The van der Waals surface area contributed by atoms with Crippen molar-refractivity contribution in [2.75, 3.05) is 23.7 Å². The number of benzene rings is 3. The third-order valence-corrected chi connectivity index (χ3v) is 9.91. The van der Waals surface area contributed by atoms with Gasteiger partial charge in [-0.3, -0.25) is 19.2 Å². The summed E-state index contributed by atoms with van der Waals surface area (Å²) in [5.74, 6) is -0.304. The van der Waals surface area contributed by atoms with Crippen LogP contribution in [0.4, 0.5) is 11.4 Å². The maximum absolute atomic E-state index is 13.1. The normalized spacial score (nSPS) is 21.5. The topological polar surface area (TPSA) is 112 Å². The van der Waals surface area contributed by atoms with Crippen LogP contribution in [0.1, 0.15) is 25.3 Å². The second-order valence-electron chi connectivity index (χ2n) is 11.9. The van der Waals surface area contributed by atoms with Crippen molar-refractivity contribution in [2.24, 2.45) is 0 Å². The molecule has 2 N–H and O–H groups in total. The highest BCUT2D eigenvalue weighted by molar-refractivity contribution is 7.13. The third-order valence-electron chi connectivity index (χ3n) is 9.02. The number of rotatable bonds is 8. The van der Waals surface area contributed by atoms with E-state index in [4.69, 9.17) is 4.98 Å². The first-order valence-electron chi connectivity index (χ1n) is 15.4. The van der Waals surface area contributed by atoms with Crippen molar-refractivity contribution >= 4 is 46.2 Å². The van der Waals surface area contributed by atoms with Gasteiger partial charge in [0.25, 0.3) is 5.91 Å². The fraction of sp³-hybridized carbons (Fsp3) is 0.250. The fourth-order valence-electron chi connectivity index (χ4n) is 6.59. The molecule has 3 amide bonds. The van der Waals surface area contributed by atoms with Crippen LogP contribution in [0.15, 0.2) is 96.4 Å². The van der Waals surface area contributed by atoms with Gasteiger partial charge in [0.15, 0.2) is 5.78 Å². The van der Waals surface area contributed by atoms with Crippen LogP contribution in [0, 0.1) is 0 Å². The highest BCUT2D eigenvalue weighted by atomic mass is 32.1. The summed E-state index contributed by atoms with van der Waals surface area (Å²) in [6, 6.07) is 23.9. The Bertz CT molecular complexity index is 1840. The van der Waals surface area contributed by atoms with Crippen molar-refractivity contribution in [1.29, 1.82) is 0 Å². The van der Waals surface area contributed by atoms with Gasteiger partial charge in [-0.1, -0.05) is 54.6 Å². The SMILES string of the molecule is CC(=O)N1CCCC12C(=O)C2Nc1ccc(-c2nc(-c3ccc(NC(=O)[C@@H]4C=CCN4C(=O)Cc4ccccc4)cc3)cs2)cc1. The lowest BCUT2D eigenvalue weighted by molar-refractivity contribution is -0.135. The molecular weight excluding hydrogens is 598 g/mol. The van der Waals surface area contributed by atoms with Crippen LogP contribution in [-0.2, 0) is 25.6 Å². The lowest BCUT2D eigenvalue weighted by atomic mass is 10.1. The number of amides is 3. The molecule has 7 rings (SSSR count). The van der Waals surface area contributed by atoms with Crippen molar-refractivity contribution in [2.45, 2.75) is 43.8 Å². The second-order valence-corrected chi connectivity index (χ2v) is 12.8. The van der Waals surface area contributed by atoms with Crippen LogP contribution in [0.25, 0.3) is 21.8 Å². The van der Waals surface area contributed by atoms with Crippen molar-refractivity contribution in [3.63, 3.8) is 0 Å². The summed E-state index contributed by atoms with van der Waals surface area (Å²) in [5, 5.41) is 9.14. The zero-order chi connectivity index (χ0) is 31.8. The smallest absolute Gasteiger partial charge is 0.251 e. The van der Waals surface area contributed by atoms with Crippen LogP contribution >= 0.6 is 11.3 Å². The van der Waals surface area contributed by atoms with Gasteiger partial charge in [0.2, 0.25) is 11.8 Å². The zero-order valence-electron chi connectivity index (χ0n) is 25.3. The van der Waals surface area contributed by atoms with Crippen LogP contribution in [0.3, 0.4) is 0 Å². The Morgan fingerprint density at radius 2 is 1.67 bits per heavy atom. The van der Waals surface area contributed by atoms with Gasteiger partial charge < -0.3 is 20.4 Å². The monoisotopic (exact) mass is 631 g/mol. The first-order valence-corrected chi connectivity index (χ1v) is 16.3. The summed E-state index contributed by atoms with van der Waals surface area (Å²) in [5.41, 5.74) is 4.42. The predicted molar refractivity (Wildman–Crippen MR) is 178 cm³/mol. The van der Waals surface area contributed by atoms with E-state index in [-0.39, 0.29) is 36.0 Å². The number of hydrogen-bond acceptors (Lipinski definition) is 7. The molecule has 2 aliphatic heterocycles. The number of aromatic nitrogens is 1. The quantitative estimate of drug-likeness (QED) is 0.260. The minimum Gasteiger partial charge on any atom is -0.373 e. The molecule has 3 aromatic carbocycles. The first kappa shape index (κ1) is 29.6. The molecule has 4 aromatic rings. The molecule has 2 unspecified atom stereocenters. The number of hydrogen-bond donors (Lipinski definition) is 2.